The first-order valence-electron chi connectivity index (χ1n) is 9.49. The van der Waals surface area contributed by atoms with Gasteiger partial charge in [-0.15, -0.1) is 0 Å². The van der Waals surface area contributed by atoms with Crippen LogP contribution in [0.3, 0.4) is 0 Å². The molecule has 1 fully saturated rings. The molecule has 0 spiro atoms. The number of nitrogens with zero attached hydrogens (tertiary/aromatic N) is 3. The molecule has 2 heterocycles. The van der Waals surface area contributed by atoms with Crippen molar-refractivity contribution in [3.05, 3.63) is 71.9 Å². The molecule has 1 aliphatic heterocycles. The molecule has 0 unspecified atom stereocenters. The third kappa shape index (κ3) is 3.99. The number of H-pyrrole nitrogens is 1. The highest BCUT2D eigenvalue weighted by molar-refractivity contribution is 5.95. The van der Waals surface area contributed by atoms with Crippen LogP contribution < -0.4 is 4.74 Å². The number of rotatable bonds is 4. The highest BCUT2D eigenvalue weighted by atomic mass is 16.5. The Morgan fingerprint density at radius 2 is 1.52 bits per heavy atom. The molecule has 2 aromatic carbocycles. The zero-order valence-corrected chi connectivity index (χ0v) is 16.2. The predicted molar refractivity (Wildman–Crippen MR) is 109 cm³/mol. The van der Waals surface area contributed by atoms with Gasteiger partial charge in [-0.2, -0.15) is 5.10 Å². The Kier molecular flexibility index (Phi) is 5.29. The molecule has 2 amide bonds. The molecule has 3 aromatic rings. The van der Waals surface area contributed by atoms with Gasteiger partial charge in [0.15, 0.2) is 0 Å². The van der Waals surface area contributed by atoms with Crippen LogP contribution in [0.2, 0.25) is 0 Å². The van der Waals surface area contributed by atoms with Crippen molar-refractivity contribution >= 4 is 11.8 Å². The molecular weight excluding hydrogens is 368 g/mol. The van der Waals surface area contributed by atoms with Crippen LogP contribution in [0.15, 0.2) is 60.7 Å². The number of methoxy groups -OCH3 is 1. The van der Waals surface area contributed by atoms with E-state index in [2.05, 4.69) is 10.2 Å². The maximum Gasteiger partial charge on any atom is 0.272 e. The summed E-state index contributed by atoms with van der Waals surface area (Å²) in [7, 11) is 1.62. The Morgan fingerprint density at radius 3 is 2.14 bits per heavy atom. The number of nitrogens with one attached hydrogen (secondary N) is 1. The smallest absolute Gasteiger partial charge is 0.272 e. The Balaban J connectivity index is 1.38. The van der Waals surface area contributed by atoms with Gasteiger partial charge in [-0.25, -0.2) is 0 Å². The molecule has 0 atom stereocenters. The van der Waals surface area contributed by atoms with E-state index in [1.54, 1.807) is 23.0 Å². The first-order valence-corrected chi connectivity index (χ1v) is 9.49. The van der Waals surface area contributed by atoms with E-state index in [1.807, 2.05) is 54.6 Å². The van der Waals surface area contributed by atoms with Gasteiger partial charge in [0.1, 0.15) is 11.4 Å². The summed E-state index contributed by atoms with van der Waals surface area (Å²) in [6.07, 6.45) is 0. The van der Waals surface area contributed by atoms with Gasteiger partial charge in [0.2, 0.25) is 0 Å². The highest BCUT2D eigenvalue weighted by Crippen LogP contribution is 2.22. The van der Waals surface area contributed by atoms with E-state index in [0.29, 0.717) is 43.1 Å². The fourth-order valence-corrected chi connectivity index (χ4v) is 3.39. The number of ether oxygens (including phenoxy) is 1. The number of aromatic nitrogens is 2. The van der Waals surface area contributed by atoms with Crippen LogP contribution in [0.4, 0.5) is 0 Å². The average molecular weight is 390 g/mol. The number of amides is 2. The molecular formula is C22H22N4O3. The Bertz CT molecular complexity index is 990. The van der Waals surface area contributed by atoms with E-state index in [0.717, 1.165) is 11.3 Å². The van der Waals surface area contributed by atoms with Crippen molar-refractivity contribution in [3.8, 4) is 17.0 Å². The number of hydrogen-bond donors (Lipinski definition) is 1. The van der Waals surface area contributed by atoms with Crippen LogP contribution >= 0.6 is 0 Å². The zero-order chi connectivity index (χ0) is 20.2. The number of benzene rings is 2. The second-order valence-corrected chi connectivity index (χ2v) is 6.85. The van der Waals surface area contributed by atoms with Crippen molar-refractivity contribution in [1.82, 2.24) is 20.0 Å². The first-order chi connectivity index (χ1) is 14.2. The molecule has 0 saturated carbocycles. The number of aromatic amines is 1. The van der Waals surface area contributed by atoms with Crippen LogP contribution in [0.25, 0.3) is 11.3 Å². The molecule has 1 aliphatic rings. The van der Waals surface area contributed by atoms with Crippen molar-refractivity contribution < 1.29 is 14.3 Å². The van der Waals surface area contributed by atoms with E-state index in [-0.39, 0.29) is 11.8 Å². The molecule has 1 aromatic heterocycles. The van der Waals surface area contributed by atoms with Gasteiger partial charge in [0, 0.05) is 37.3 Å². The van der Waals surface area contributed by atoms with Gasteiger partial charge < -0.3 is 14.5 Å². The van der Waals surface area contributed by atoms with Gasteiger partial charge in [0.05, 0.1) is 12.8 Å². The van der Waals surface area contributed by atoms with Crippen molar-refractivity contribution in [3.63, 3.8) is 0 Å². The lowest BCUT2D eigenvalue weighted by molar-refractivity contribution is 0.0532. The molecule has 0 radical (unpaired) electrons. The summed E-state index contributed by atoms with van der Waals surface area (Å²) in [4.78, 5) is 28.9. The summed E-state index contributed by atoms with van der Waals surface area (Å²) in [5.74, 6) is 0.661. The van der Waals surface area contributed by atoms with Crippen LogP contribution in [-0.4, -0.2) is 65.1 Å². The van der Waals surface area contributed by atoms with Crippen LogP contribution in [-0.2, 0) is 0 Å². The molecule has 148 valence electrons. The van der Waals surface area contributed by atoms with E-state index in [9.17, 15) is 9.59 Å². The van der Waals surface area contributed by atoms with E-state index >= 15 is 0 Å². The Morgan fingerprint density at radius 1 is 0.897 bits per heavy atom. The Hall–Kier alpha value is -3.61. The third-order valence-corrected chi connectivity index (χ3v) is 5.07. The average Bonchev–Trinajstić information content (AvgIpc) is 3.29. The van der Waals surface area contributed by atoms with E-state index in [4.69, 9.17) is 4.74 Å². The van der Waals surface area contributed by atoms with Crippen molar-refractivity contribution in [2.45, 2.75) is 0 Å². The summed E-state index contributed by atoms with van der Waals surface area (Å²) in [6.45, 7) is 2.01. The first kappa shape index (κ1) is 18.7. The number of hydrogen-bond acceptors (Lipinski definition) is 4. The van der Waals surface area contributed by atoms with Crippen LogP contribution in [0.1, 0.15) is 20.8 Å². The monoisotopic (exact) mass is 390 g/mol. The quantitative estimate of drug-likeness (QED) is 0.743. The molecule has 1 saturated heterocycles. The summed E-state index contributed by atoms with van der Waals surface area (Å²) < 4.78 is 5.16. The topological polar surface area (TPSA) is 78.5 Å². The minimum absolute atomic E-state index is 0.000955. The van der Waals surface area contributed by atoms with Gasteiger partial charge >= 0.3 is 0 Å². The zero-order valence-electron chi connectivity index (χ0n) is 16.2. The molecule has 7 heteroatoms. The minimum atomic E-state index is -0.107. The van der Waals surface area contributed by atoms with Crippen molar-refractivity contribution in [2.75, 3.05) is 33.3 Å². The van der Waals surface area contributed by atoms with E-state index < -0.39 is 0 Å². The number of carbonyl (C=O) groups excluding carboxylic acids is 2. The van der Waals surface area contributed by atoms with Gasteiger partial charge in [-0.3, -0.25) is 14.7 Å². The summed E-state index contributed by atoms with van der Waals surface area (Å²) in [5.41, 5.74) is 2.72. The van der Waals surface area contributed by atoms with Gasteiger partial charge in [0.25, 0.3) is 11.8 Å². The largest absolute Gasteiger partial charge is 0.497 e. The molecule has 7 nitrogen and oxygen atoms in total. The lowest BCUT2D eigenvalue weighted by Crippen LogP contribution is -2.50. The van der Waals surface area contributed by atoms with Gasteiger partial charge in [-0.05, 0) is 42.5 Å². The van der Waals surface area contributed by atoms with Crippen LogP contribution in [0, 0.1) is 0 Å². The predicted octanol–water partition coefficient (Wildman–Crippen LogP) is 2.68. The lowest BCUT2D eigenvalue weighted by atomic mass is 10.1. The van der Waals surface area contributed by atoms with E-state index in [1.165, 1.54) is 0 Å². The number of carbonyl (C=O) groups is 2. The molecule has 1 N–H and O–H groups in total. The standard InChI is InChI=1S/C22H22N4O3/c1-29-18-9-7-16(8-10-18)19-15-20(24-23-19)22(28)26-13-11-25(12-14-26)21(27)17-5-3-2-4-6-17/h2-10,15H,11-14H2,1H3,(H,23,24). The third-order valence-electron chi connectivity index (χ3n) is 5.07. The number of piperazine rings is 1. The minimum Gasteiger partial charge on any atom is -0.497 e. The fourth-order valence-electron chi connectivity index (χ4n) is 3.39. The molecule has 0 aliphatic carbocycles. The second kappa shape index (κ2) is 8.18. The van der Waals surface area contributed by atoms with Gasteiger partial charge in [-0.1, -0.05) is 18.2 Å². The lowest BCUT2D eigenvalue weighted by Gasteiger charge is -2.34. The summed E-state index contributed by atoms with van der Waals surface area (Å²) in [6, 6.07) is 18.5. The molecule has 0 bridgehead atoms. The molecule has 29 heavy (non-hydrogen) atoms. The second-order valence-electron chi connectivity index (χ2n) is 6.85. The van der Waals surface area contributed by atoms with Crippen LogP contribution in [0.5, 0.6) is 5.75 Å². The highest BCUT2D eigenvalue weighted by Gasteiger charge is 2.26. The maximum absolute atomic E-state index is 12.8. The molecule has 4 rings (SSSR count). The fraction of sp³-hybridized carbons (Fsp3) is 0.227. The Labute approximate surface area is 168 Å². The normalized spacial score (nSPS) is 14.0. The summed E-state index contributed by atoms with van der Waals surface area (Å²) >= 11 is 0. The summed E-state index contributed by atoms with van der Waals surface area (Å²) in [5, 5.41) is 7.10. The van der Waals surface area contributed by atoms with Crippen molar-refractivity contribution in [2.24, 2.45) is 0 Å². The maximum atomic E-state index is 12.8. The van der Waals surface area contributed by atoms with Crippen molar-refractivity contribution in [1.29, 1.82) is 0 Å². The SMILES string of the molecule is COc1ccc(-c2cc(C(=O)N3CCN(C(=O)c4ccccc4)CC3)[nH]n2)cc1.